The highest BCUT2D eigenvalue weighted by Crippen LogP contribution is 2.40. The monoisotopic (exact) mass is 922 g/mol. The van der Waals surface area contributed by atoms with Gasteiger partial charge in [0.05, 0.1) is 49.3 Å². The number of ether oxygens (including phenoxy) is 2. The maximum Gasteiger partial charge on any atom is 0.305 e. The lowest BCUT2D eigenvalue weighted by atomic mass is 10.1. The maximum absolute atomic E-state index is 13.4. The van der Waals surface area contributed by atoms with Crippen molar-refractivity contribution in [2.24, 2.45) is 21.5 Å². The number of aromatic nitrogens is 4. The molecule has 4 aromatic rings. The van der Waals surface area contributed by atoms with E-state index in [0.29, 0.717) is 64.8 Å². The van der Waals surface area contributed by atoms with Gasteiger partial charge in [-0.15, -0.1) is 0 Å². The SMILES string of the molecule is C=Nc1cc(C(N)=O)cc(OCCCC(=O)O)c1N(C/C=C/Cn1c(NC)nc2cc(C=O)cc(OC/C=C/Cn3cc(N(CCC(=O)O)C(=C)C)cn3)c21)CNC(=O)C(/C=C(/C)N)=NCC. The fraction of sp³-hybridized carbons (Fsp3) is 0.326. The fourth-order valence-electron chi connectivity index (χ4n) is 6.66. The number of hydrogen-bond acceptors (Lipinski definition) is 15. The van der Waals surface area contributed by atoms with Gasteiger partial charge in [-0.25, -0.2) is 4.98 Å². The predicted molar refractivity (Wildman–Crippen MR) is 258 cm³/mol. The molecule has 0 saturated heterocycles. The number of fused-ring (bicyclic) bond motifs is 1. The van der Waals surface area contributed by atoms with E-state index in [-0.39, 0.29) is 81.5 Å². The van der Waals surface area contributed by atoms with E-state index in [0.717, 1.165) is 5.69 Å². The summed E-state index contributed by atoms with van der Waals surface area (Å²) in [5.41, 5.74) is 15.5. The number of carboxylic acid groups (broad SMARTS) is 2. The van der Waals surface area contributed by atoms with Crippen LogP contribution >= 0.6 is 0 Å². The molecule has 0 aliphatic rings. The average molecular weight is 923 g/mol. The molecular formula is C46H58N12O9. The van der Waals surface area contributed by atoms with E-state index < -0.39 is 23.8 Å². The first-order chi connectivity index (χ1) is 32.1. The van der Waals surface area contributed by atoms with Crippen LogP contribution in [0.15, 0.2) is 95.0 Å². The smallest absolute Gasteiger partial charge is 0.305 e. The van der Waals surface area contributed by atoms with Gasteiger partial charge in [-0.2, -0.15) is 5.10 Å². The number of allylic oxidation sites excluding steroid dienone is 4. The molecule has 2 aromatic heterocycles. The van der Waals surface area contributed by atoms with E-state index in [9.17, 15) is 29.1 Å². The number of benzene rings is 2. The molecule has 0 bridgehead atoms. The van der Waals surface area contributed by atoms with Crippen LogP contribution in [0.5, 0.6) is 11.5 Å². The number of aldehydes is 1. The standard InChI is InChI=1S/C46H58N12O9/c1-7-51-37(21-31(4)47)45(65)52-29-55(42-35(49-5)24-33(44(48)64)25-39(42)67-20-12-13-40(60)61)15-8-9-17-58-43-36(54-46(58)50-6)22-32(28-59)23-38(43)66-19-11-10-16-56-27-34(26-53-56)57(30(2)3)18-14-41(62)63/h8-11,21-28H,2,5,7,12-20,29,47H2,1,3-4,6H3,(H2,48,64)(H,50,54)(H,52,65)(H,60,61)(H,62,63)/b9-8+,11-10+,31-21-,51-37?. The average Bonchev–Trinajstić information content (AvgIpc) is 3.90. The second kappa shape index (κ2) is 25.3. The van der Waals surface area contributed by atoms with Gasteiger partial charge < -0.3 is 56.2 Å². The summed E-state index contributed by atoms with van der Waals surface area (Å²) in [5, 5.41) is 28.7. The Kier molecular flexibility index (Phi) is 19.4. The zero-order valence-electron chi connectivity index (χ0n) is 38.1. The minimum absolute atomic E-state index is 0.0218. The van der Waals surface area contributed by atoms with Gasteiger partial charge in [0.15, 0.2) is 0 Å². The van der Waals surface area contributed by atoms with Crippen molar-refractivity contribution in [1.82, 2.24) is 24.6 Å². The van der Waals surface area contributed by atoms with Crippen molar-refractivity contribution in [3.63, 3.8) is 0 Å². The van der Waals surface area contributed by atoms with Gasteiger partial charge in [0.25, 0.3) is 5.91 Å². The molecule has 0 radical (unpaired) electrons. The minimum Gasteiger partial charge on any atom is -0.491 e. The zero-order valence-corrected chi connectivity index (χ0v) is 38.1. The molecule has 2 amide bonds. The van der Waals surface area contributed by atoms with Gasteiger partial charge >= 0.3 is 11.9 Å². The summed E-state index contributed by atoms with van der Waals surface area (Å²) < 4.78 is 15.9. The van der Waals surface area contributed by atoms with Crippen molar-refractivity contribution in [2.45, 2.75) is 53.1 Å². The number of carboxylic acids is 2. The summed E-state index contributed by atoms with van der Waals surface area (Å²) in [6.07, 6.45) is 12.9. The molecule has 8 N–H and O–H groups in total. The highest BCUT2D eigenvalue weighted by Gasteiger charge is 2.22. The van der Waals surface area contributed by atoms with Gasteiger partial charge in [0.2, 0.25) is 11.9 Å². The largest absolute Gasteiger partial charge is 0.491 e. The summed E-state index contributed by atoms with van der Waals surface area (Å²) in [4.78, 5) is 76.8. The van der Waals surface area contributed by atoms with Crippen molar-refractivity contribution < 1.29 is 43.7 Å². The highest BCUT2D eigenvalue weighted by molar-refractivity contribution is 6.43. The molecule has 21 nitrogen and oxygen atoms in total. The summed E-state index contributed by atoms with van der Waals surface area (Å²) in [7, 11) is 1.72. The number of aliphatic carboxylic acids is 2. The third-order valence-corrected chi connectivity index (χ3v) is 9.68. The molecule has 0 spiro atoms. The van der Waals surface area contributed by atoms with Crippen molar-refractivity contribution in [3.8, 4) is 11.5 Å². The third-order valence-electron chi connectivity index (χ3n) is 9.68. The molecule has 0 aliphatic heterocycles. The number of anilines is 3. The summed E-state index contributed by atoms with van der Waals surface area (Å²) >= 11 is 0. The number of hydrogen-bond donors (Lipinski definition) is 6. The molecule has 0 fully saturated rings. The van der Waals surface area contributed by atoms with Crippen LogP contribution < -0.4 is 41.4 Å². The van der Waals surface area contributed by atoms with Crippen molar-refractivity contribution >= 4 is 76.5 Å². The Morgan fingerprint density at radius 1 is 0.985 bits per heavy atom. The lowest BCUT2D eigenvalue weighted by Gasteiger charge is -2.28. The first-order valence-corrected chi connectivity index (χ1v) is 21.2. The van der Waals surface area contributed by atoms with E-state index in [1.165, 1.54) is 18.2 Å². The Labute approximate surface area is 387 Å². The van der Waals surface area contributed by atoms with Gasteiger partial charge in [0.1, 0.15) is 41.3 Å². The number of rotatable bonds is 29. The molecule has 356 valence electrons. The number of amides is 2. The van der Waals surface area contributed by atoms with E-state index in [1.54, 1.807) is 66.8 Å². The van der Waals surface area contributed by atoms with Gasteiger partial charge in [-0.3, -0.25) is 38.6 Å². The van der Waals surface area contributed by atoms with Crippen LogP contribution in [0.2, 0.25) is 0 Å². The lowest BCUT2D eigenvalue weighted by Crippen LogP contribution is -2.41. The van der Waals surface area contributed by atoms with Gasteiger partial charge in [-0.1, -0.05) is 24.8 Å². The number of carbonyl (C=O) groups excluding carboxylic acids is 3. The number of nitrogens with zero attached hydrogens (tertiary/aromatic N) is 8. The van der Waals surface area contributed by atoms with Crippen molar-refractivity contribution in [3.05, 3.63) is 96.1 Å². The molecule has 4 rings (SSSR count). The Morgan fingerprint density at radius 2 is 1.73 bits per heavy atom. The molecule has 0 unspecified atom stereocenters. The molecular weight excluding hydrogens is 865 g/mol. The topological polar surface area (TPSA) is 287 Å². The number of nitrogens with one attached hydrogen (secondary N) is 2. The quantitative estimate of drug-likeness (QED) is 0.0142. The van der Waals surface area contributed by atoms with Gasteiger partial charge in [0, 0.05) is 68.4 Å². The van der Waals surface area contributed by atoms with Crippen LogP contribution in [0.1, 0.15) is 60.7 Å². The molecule has 0 atom stereocenters. The number of aliphatic imine (C=N–C) groups is 2. The normalized spacial score (nSPS) is 11.8. The van der Waals surface area contributed by atoms with Gasteiger partial charge in [-0.05, 0) is 70.3 Å². The van der Waals surface area contributed by atoms with E-state index in [2.05, 4.69) is 39.0 Å². The fourth-order valence-corrected chi connectivity index (χ4v) is 6.66. The first kappa shape index (κ1) is 51.4. The molecule has 67 heavy (non-hydrogen) atoms. The second-order valence-corrected chi connectivity index (χ2v) is 14.9. The summed E-state index contributed by atoms with van der Waals surface area (Å²) in [6, 6.07) is 6.16. The van der Waals surface area contributed by atoms with Crippen LogP contribution in [-0.2, 0) is 27.5 Å². The second-order valence-electron chi connectivity index (χ2n) is 14.9. The molecule has 21 heteroatoms. The molecule has 0 aliphatic carbocycles. The predicted octanol–water partition coefficient (Wildman–Crippen LogP) is 4.67. The zero-order chi connectivity index (χ0) is 49.0. The highest BCUT2D eigenvalue weighted by atomic mass is 16.5. The van der Waals surface area contributed by atoms with E-state index >= 15 is 0 Å². The Morgan fingerprint density at radius 3 is 2.37 bits per heavy atom. The van der Waals surface area contributed by atoms with Crippen LogP contribution in [0, 0.1) is 0 Å². The Bertz CT molecular complexity index is 2570. The number of carbonyl (C=O) groups is 5. The Balaban J connectivity index is 1.63. The van der Waals surface area contributed by atoms with Crippen LogP contribution in [0.3, 0.4) is 0 Å². The van der Waals surface area contributed by atoms with Crippen LogP contribution in [-0.4, -0.2) is 119 Å². The van der Waals surface area contributed by atoms with E-state index in [1.807, 2.05) is 28.9 Å². The lowest BCUT2D eigenvalue weighted by molar-refractivity contribution is -0.138. The third kappa shape index (κ3) is 14.9. The summed E-state index contributed by atoms with van der Waals surface area (Å²) in [6.45, 7) is 14.2. The Hall–Kier alpha value is -8.23. The molecule has 2 heterocycles. The van der Waals surface area contributed by atoms with Crippen LogP contribution in [0.4, 0.5) is 23.0 Å². The first-order valence-electron chi connectivity index (χ1n) is 21.2. The molecule has 0 saturated carbocycles. The number of primary amides is 1. The summed E-state index contributed by atoms with van der Waals surface area (Å²) in [5.74, 6) is -2.14. The molecule has 2 aromatic carbocycles. The van der Waals surface area contributed by atoms with Crippen molar-refractivity contribution in [1.29, 1.82) is 0 Å². The minimum atomic E-state index is -1.00. The number of imidazole rings is 1. The maximum atomic E-state index is 13.4. The van der Waals surface area contributed by atoms with Crippen LogP contribution in [0.25, 0.3) is 11.0 Å². The van der Waals surface area contributed by atoms with E-state index in [4.69, 9.17) is 31.0 Å². The number of nitrogens with two attached hydrogens (primary N) is 2. The van der Waals surface area contributed by atoms with Crippen molar-refractivity contribution in [2.75, 3.05) is 61.7 Å².